The van der Waals surface area contributed by atoms with Gasteiger partial charge in [0.25, 0.3) is 5.91 Å². The highest BCUT2D eigenvalue weighted by molar-refractivity contribution is 5.77. The molecule has 0 aliphatic carbocycles. The molecule has 1 amide bonds. The summed E-state index contributed by atoms with van der Waals surface area (Å²) in [5.74, 6) is 0.193. The molecule has 0 aliphatic heterocycles. The second-order valence-electron chi connectivity index (χ2n) is 6.05. The number of ether oxygens (including phenoxy) is 1. The Bertz CT molecular complexity index is 710. The zero-order valence-electron chi connectivity index (χ0n) is 14.7. The molecule has 5 nitrogen and oxygen atoms in total. The van der Waals surface area contributed by atoms with Crippen LogP contribution in [0.1, 0.15) is 30.0 Å². The van der Waals surface area contributed by atoms with Crippen LogP contribution in [0.3, 0.4) is 0 Å². The second kappa shape index (κ2) is 8.97. The Morgan fingerprint density at radius 2 is 1.76 bits per heavy atom. The van der Waals surface area contributed by atoms with Crippen LogP contribution >= 0.6 is 0 Å². The molecule has 0 heterocycles. The fourth-order valence-electron chi connectivity index (χ4n) is 2.57. The van der Waals surface area contributed by atoms with Gasteiger partial charge in [-0.2, -0.15) is 0 Å². The van der Waals surface area contributed by atoms with E-state index in [1.165, 1.54) is 17.7 Å². The van der Waals surface area contributed by atoms with Gasteiger partial charge < -0.3 is 20.3 Å². The van der Waals surface area contributed by atoms with Crippen molar-refractivity contribution in [3.63, 3.8) is 0 Å². The molecule has 0 aliphatic rings. The predicted octanol–water partition coefficient (Wildman–Crippen LogP) is 3.10. The fraction of sp³-hybridized carbons (Fsp3) is 0.350. The molecule has 2 rings (SSSR count). The smallest absolute Gasteiger partial charge is 0.257 e. The van der Waals surface area contributed by atoms with Crippen molar-refractivity contribution >= 4 is 5.91 Å². The van der Waals surface area contributed by atoms with Crippen molar-refractivity contribution in [1.29, 1.82) is 0 Å². The van der Waals surface area contributed by atoms with Crippen LogP contribution in [0.2, 0.25) is 0 Å². The Balaban J connectivity index is 1.74. The Hall–Kier alpha value is -2.69. The quantitative estimate of drug-likeness (QED) is 0.644. The average Bonchev–Trinajstić information content (AvgIpc) is 2.59. The SMILES string of the molecule is CCCc1ccc(OCC(=O)NCCc2cc(O)c(O)cc2C)cc1. The van der Waals surface area contributed by atoms with Gasteiger partial charge in [-0.25, -0.2) is 0 Å². The minimum absolute atomic E-state index is 0.0348. The van der Waals surface area contributed by atoms with Crippen LogP contribution in [0.4, 0.5) is 0 Å². The number of hydrogen-bond acceptors (Lipinski definition) is 4. The van der Waals surface area contributed by atoms with E-state index in [9.17, 15) is 15.0 Å². The molecule has 0 atom stereocenters. The second-order valence-corrected chi connectivity index (χ2v) is 6.05. The lowest BCUT2D eigenvalue weighted by Gasteiger charge is -2.10. The minimum Gasteiger partial charge on any atom is -0.504 e. The first-order valence-electron chi connectivity index (χ1n) is 8.49. The normalized spacial score (nSPS) is 10.5. The molecule has 0 bridgehead atoms. The summed E-state index contributed by atoms with van der Waals surface area (Å²) in [7, 11) is 0. The molecule has 25 heavy (non-hydrogen) atoms. The minimum atomic E-state index is -0.196. The highest BCUT2D eigenvalue weighted by atomic mass is 16.5. The summed E-state index contributed by atoms with van der Waals surface area (Å²) in [5.41, 5.74) is 3.00. The van der Waals surface area contributed by atoms with E-state index < -0.39 is 0 Å². The predicted molar refractivity (Wildman–Crippen MR) is 97.2 cm³/mol. The molecule has 0 saturated carbocycles. The van der Waals surface area contributed by atoms with Crippen LogP contribution in [-0.4, -0.2) is 29.3 Å². The number of benzene rings is 2. The Morgan fingerprint density at radius 3 is 2.44 bits per heavy atom. The molecule has 0 radical (unpaired) electrons. The first kappa shape index (κ1) is 18.6. The van der Waals surface area contributed by atoms with Crippen LogP contribution in [0, 0.1) is 6.92 Å². The van der Waals surface area contributed by atoms with Gasteiger partial charge in [-0.15, -0.1) is 0 Å². The highest BCUT2D eigenvalue weighted by Gasteiger charge is 2.07. The van der Waals surface area contributed by atoms with Gasteiger partial charge >= 0.3 is 0 Å². The van der Waals surface area contributed by atoms with Crippen LogP contribution < -0.4 is 10.1 Å². The molecule has 134 valence electrons. The summed E-state index contributed by atoms with van der Waals surface area (Å²) >= 11 is 0. The number of carbonyl (C=O) groups excluding carboxylic acids is 1. The van der Waals surface area contributed by atoms with Crippen molar-refractivity contribution < 1.29 is 19.7 Å². The van der Waals surface area contributed by atoms with Crippen molar-refractivity contribution in [2.75, 3.05) is 13.2 Å². The number of amides is 1. The van der Waals surface area contributed by atoms with Crippen molar-refractivity contribution in [2.24, 2.45) is 0 Å². The summed E-state index contributed by atoms with van der Waals surface area (Å²) in [6.07, 6.45) is 2.70. The number of nitrogens with one attached hydrogen (secondary N) is 1. The van der Waals surface area contributed by atoms with Crippen LogP contribution in [0.15, 0.2) is 36.4 Å². The molecule has 2 aromatic rings. The molecule has 5 heteroatoms. The monoisotopic (exact) mass is 343 g/mol. The summed E-state index contributed by atoms with van der Waals surface area (Å²) in [4.78, 5) is 11.9. The van der Waals surface area contributed by atoms with Gasteiger partial charge in [0.15, 0.2) is 18.1 Å². The standard InChI is InChI=1S/C20H25NO4/c1-3-4-15-5-7-17(8-6-15)25-13-20(24)21-10-9-16-12-19(23)18(22)11-14(16)2/h5-8,11-12,22-23H,3-4,9-10,13H2,1-2H3,(H,21,24). The van der Waals surface area contributed by atoms with E-state index >= 15 is 0 Å². The first-order chi connectivity index (χ1) is 12.0. The molecule has 2 aromatic carbocycles. The molecule has 0 fully saturated rings. The Morgan fingerprint density at radius 1 is 1.08 bits per heavy atom. The molecule has 0 unspecified atom stereocenters. The number of hydrogen-bond donors (Lipinski definition) is 3. The van der Waals surface area contributed by atoms with E-state index in [1.54, 1.807) is 0 Å². The molecular formula is C20H25NO4. The topological polar surface area (TPSA) is 78.8 Å². The summed E-state index contributed by atoms with van der Waals surface area (Å²) < 4.78 is 5.48. The number of rotatable bonds is 8. The Kier molecular flexibility index (Phi) is 6.69. The largest absolute Gasteiger partial charge is 0.504 e. The average molecular weight is 343 g/mol. The number of phenols is 2. The van der Waals surface area contributed by atoms with E-state index in [2.05, 4.69) is 12.2 Å². The maximum atomic E-state index is 11.9. The van der Waals surface area contributed by atoms with Gasteiger partial charge in [0, 0.05) is 6.54 Å². The molecule has 0 saturated heterocycles. The zero-order valence-corrected chi connectivity index (χ0v) is 14.7. The molecule has 3 N–H and O–H groups in total. The highest BCUT2D eigenvalue weighted by Crippen LogP contribution is 2.28. The zero-order chi connectivity index (χ0) is 18.2. The van der Waals surface area contributed by atoms with Crippen LogP contribution in [0.5, 0.6) is 17.2 Å². The third-order valence-corrected chi connectivity index (χ3v) is 3.98. The number of phenolic OH excluding ortho intramolecular Hbond substituents is 2. The fourth-order valence-corrected chi connectivity index (χ4v) is 2.57. The van der Waals surface area contributed by atoms with Crippen molar-refractivity contribution in [1.82, 2.24) is 5.32 Å². The summed E-state index contributed by atoms with van der Waals surface area (Å²) in [5, 5.41) is 21.8. The third kappa shape index (κ3) is 5.71. The van der Waals surface area contributed by atoms with Crippen LogP contribution in [0.25, 0.3) is 0 Å². The van der Waals surface area contributed by atoms with Gasteiger partial charge in [-0.3, -0.25) is 4.79 Å². The third-order valence-electron chi connectivity index (χ3n) is 3.98. The van der Waals surface area contributed by atoms with E-state index in [1.807, 2.05) is 31.2 Å². The van der Waals surface area contributed by atoms with Crippen molar-refractivity contribution in [2.45, 2.75) is 33.1 Å². The van der Waals surface area contributed by atoms with E-state index in [0.717, 1.165) is 24.0 Å². The van der Waals surface area contributed by atoms with E-state index in [-0.39, 0.29) is 24.0 Å². The maximum absolute atomic E-state index is 11.9. The van der Waals surface area contributed by atoms with Gasteiger partial charge in [0.1, 0.15) is 5.75 Å². The van der Waals surface area contributed by atoms with Gasteiger partial charge in [-0.1, -0.05) is 25.5 Å². The van der Waals surface area contributed by atoms with E-state index in [0.29, 0.717) is 18.7 Å². The summed E-state index contributed by atoms with van der Waals surface area (Å²) in [6.45, 7) is 4.38. The van der Waals surface area contributed by atoms with Crippen molar-refractivity contribution in [3.05, 3.63) is 53.1 Å². The van der Waals surface area contributed by atoms with Crippen LogP contribution in [-0.2, 0) is 17.6 Å². The number of carbonyl (C=O) groups is 1. The van der Waals surface area contributed by atoms with Gasteiger partial charge in [-0.05, 0) is 60.7 Å². The van der Waals surface area contributed by atoms with Gasteiger partial charge in [0.2, 0.25) is 0 Å². The number of aryl methyl sites for hydroxylation is 2. The van der Waals surface area contributed by atoms with Crippen molar-refractivity contribution in [3.8, 4) is 17.2 Å². The summed E-state index contributed by atoms with van der Waals surface area (Å²) in [6, 6.07) is 10.8. The lowest BCUT2D eigenvalue weighted by molar-refractivity contribution is -0.123. The Labute approximate surface area is 148 Å². The van der Waals surface area contributed by atoms with Gasteiger partial charge in [0.05, 0.1) is 0 Å². The first-order valence-corrected chi connectivity index (χ1v) is 8.49. The lowest BCUT2D eigenvalue weighted by atomic mass is 10.0. The lowest BCUT2D eigenvalue weighted by Crippen LogP contribution is -2.30. The molecular weight excluding hydrogens is 318 g/mol. The van der Waals surface area contributed by atoms with E-state index in [4.69, 9.17) is 4.74 Å². The molecule has 0 spiro atoms. The molecule has 0 aromatic heterocycles. The maximum Gasteiger partial charge on any atom is 0.257 e. The number of aromatic hydroxyl groups is 2.